The van der Waals surface area contributed by atoms with Crippen LogP contribution in [0, 0.1) is 5.92 Å². The van der Waals surface area contributed by atoms with E-state index < -0.39 is 0 Å². The van der Waals surface area contributed by atoms with Crippen LogP contribution in [0.1, 0.15) is 40.0 Å². The second-order valence-electron chi connectivity index (χ2n) is 2.94. The average molecular weight is 171 g/mol. The lowest BCUT2D eigenvalue weighted by atomic mass is 10.00. The van der Waals surface area contributed by atoms with E-state index in [4.69, 9.17) is 0 Å². The first-order chi connectivity index (χ1) is 5.61. The maximum Gasteiger partial charge on any atom is 0.229 e. The molecule has 1 N–H and O–H groups in total. The quantitative estimate of drug-likeness (QED) is 0.696. The minimum absolute atomic E-state index is 0.00102. The molecule has 0 aromatic rings. The monoisotopic (exact) mass is 171 g/mol. The van der Waals surface area contributed by atoms with E-state index in [9.17, 15) is 9.59 Å². The van der Waals surface area contributed by atoms with Crippen molar-refractivity contribution in [2.24, 2.45) is 5.92 Å². The zero-order chi connectivity index (χ0) is 9.56. The highest BCUT2D eigenvalue weighted by Gasteiger charge is 2.15. The van der Waals surface area contributed by atoms with Crippen LogP contribution in [0.5, 0.6) is 0 Å². The van der Waals surface area contributed by atoms with Gasteiger partial charge >= 0.3 is 0 Å². The molecule has 0 radical (unpaired) electrons. The minimum atomic E-state index is -0.269. The molecule has 12 heavy (non-hydrogen) atoms. The smallest absolute Gasteiger partial charge is 0.229 e. The van der Waals surface area contributed by atoms with Gasteiger partial charge in [0.1, 0.15) is 0 Å². The van der Waals surface area contributed by atoms with Gasteiger partial charge in [0.2, 0.25) is 11.8 Å². The van der Waals surface area contributed by atoms with Gasteiger partial charge in [0.25, 0.3) is 0 Å². The predicted octanol–water partition coefficient (Wildman–Crippen LogP) is 1.48. The summed E-state index contributed by atoms with van der Waals surface area (Å²) >= 11 is 0. The Bertz CT molecular complexity index is 166. The van der Waals surface area contributed by atoms with Gasteiger partial charge in [0.05, 0.1) is 0 Å². The Kier molecular flexibility index (Phi) is 5.34. The van der Waals surface area contributed by atoms with Gasteiger partial charge in [0, 0.05) is 12.8 Å². The molecule has 2 amide bonds. The molecule has 0 aromatic heterocycles. The van der Waals surface area contributed by atoms with Gasteiger partial charge in [0.15, 0.2) is 0 Å². The van der Waals surface area contributed by atoms with Gasteiger partial charge in [-0.2, -0.15) is 0 Å². The lowest BCUT2D eigenvalue weighted by molar-refractivity contribution is -0.132. The third-order valence-corrected chi connectivity index (χ3v) is 1.80. The fraction of sp³-hybridized carbons (Fsp3) is 0.778. The highest BCUT2D eigenvalue weighted by Crippen LogP contribution is 2.10. The zero-order valence-electron chi connectivity index (χ0n) is 8.02. The molecule has 0 saturated carbocycles. The maximum absolute atomic E-state index is 11.2. The number of rotatable bonds is 4. The molecule has 0 heterocycles. The Hall–Kier alpha value is -0.860. The topological polar surface area (TPSA) is 46.2 Å². The summed E-state index contributed by atoms with van der Waals surface area (Å²) in [5, 5.41) is 2.30. The molecule has 0 rings (SSSR count). The molecule has 0 spiro atoms. The Balaban J connectivity index is 3.93. The third kappa shape index (κ3) is 4.11. The second kappa shape index (κ2) is 5.75. The molecule has 70 valence electrons. The number of hydrogen-bond acceptors (Lipinski definition) is 2. The molecule has 1 atom stereocenters. The summed E-state index contributed by atoms with van der Waals surface area (Å²) in [6, 6.07) is 0. The number of hydrogen-bond donors (Lipinski definition) is 1. The first-order valence-corrected chi connectivity index (χ1v) is 4.43. The Labute approximate surface area is 73.5 Å². The van der Waals surface area contributed by atoms with E-state index >= 15 is 0 Å². The highest BCUT2D eigenvalue weighted by atomic mass is 16.2. The molecule has 0 aliphatic heterocycles. The van der Waals surface area contributed by atoms with E-state index in [-0.39, 0.29) is 17.7 Å². The first-order valence-electron chi connectivity index (χ1n) is 4.43. The van der Waals surface area contributed by atoms with E-state index in [0.29, 0.717) is 0 Å². The first kappa shape index (κ1) is 11.1. The van der Waals surface area contributed by atoms with E-state index in [1.54, 1.807) is 0 Å². The summed E-state index contributed by atoms with van der Waals surface area (Å²) in [6.45, 7) is 5.35. The fourth-order valence-corrected chi connectivity index (χ4v) is 1.14. The SMILES string of the molecule is CCCC(CC)C(=O)NC(C)=O. The summed E-state index contributed by atoms with van der Waals surface area (Å²) in [7, 11) is 0. The minimum Gasteiger partial charge on any atom is -0.296 e. The van der Waals surface area contributed by atoms with Crippen molar-refractivity contribution in [2.45, 2.75) is 40.0 Å². The number of carbonyl (C=O) groups excluding carboxylic acids is 2. The van der Waals surface area contributed by atoms with Crippen molar-refractivity contribution in [3.05, 3.63) is 0 Å². The summed E-state index contributed by atoms with van der Waals surface area (Å²) in [6.07, 6.45) is 2.63. The maximum atomic E-state index is 11.2. The number of imide groups is 1. The molecule has 0 aromatic carbocycles. The highest BCUT2D eigenvalue weighted by molar-refractivity contribution is 5.95. The van der Waals surface area contributed by atoms with E-state index in [2.05, 4.69) is 5.32 Å². The van der Waals surface area contributed by atoms with E-state index in [1.807, 2.05) is 13.8 Å². The Morgan fingerprint density at radius 2 is 1.92 bits per heavy atom. The van der Waals surface area contributed by atoms with Crippen LogP contribution in [-0.2, 0) is 9.59 Å². The van der Waals surface area contributed by atoms with Crippen LogP contribution in [0.4, 0.5) is 0 Å². The molecule has 0 aliphatic carbocycles. The molecule has 0 fully saturated rings. The van der Waals surface area contributed by atoms with Crippen molar-refractivity contribution < 1.29 is 9.59 Å². The van der Waals surface area contributed by atoms with Gasteiger partial charge in [-0.25, -0.2) is 0 Å². The number of amides is 2. The van der Waals surface area contributed by atoms with Crippen molar-refractivity contribution in [1.29, 1.82) is 0 Å². The van der Waals surface area contributed by atoms with Gasteiger partial charge < -0.3 is 0 Å². The average Bonchev–Trinajstić information content (AvgIpc) is 1.98. The standard InChI is InChI=1S/C9H17NO2/c1-4-6-8(5-2)9(12)10-7(3)11/h8H,4-6H2,1-3H3,(H,10,11,12). The van der Waals surface area contributed by atoms with Crippen molar-refractivity contribution in [1.82, 2.24) is 5.32 Å². The summed E-state index contributed by atoms with van der Waals surface area (Å²) in [5.41, 5.74) is 0. The Morgan fingerprint density at radius 1 is 1.33 bits per heavy atom. The normalized spacial score (nSPS) is 12.2. The summed E-state index contributed by atoms with van der Waals surface area (Å²) < 4.78 is 0. The van der Waals surface area contributed by atoms with Crippen molar-refractivity contribution in [2.75, 3.05) is 0 Å². The lowest BCUT2D eigenvalue weighted by Gasteiger charge is -2.11. The van der Waals surface area contributed by atoms with Crippen LogP contribution >= 0.6 is 0 Å². The molecule has 0 aliphatic rings. The van der Waals surface area contributed by atoms with Crippen molar-refractivity contribution in [3.8, 4) is 0 Å². The van der Waals surface area contributed by atoms with Crippen LogP contribution in [0.15, 0.2) is 0 Å². The second-order valence-corrected chi connectivity index (χ2v) is 2.94. The fourth-order valence-electron chi connectivity index (χ4n) is 1.14. The van der Waals surface area contributed by atoms with Gasteiger partial charge in [-0.1, -0.05) is 20.3 Å². The molecule has 3 heteroatoms. The van der Waals surface area contributed by atoms with Gasteiger partial charge in [-0.05, 0) is 12.8 Å². The van der Waals surface area contributed by atoms with E-state index in [1.165, 1.54) is 6.92 Å². The molecule has 3 nitrogen and oxygen atoms in total. The van der Waals surface area contributed by atoms with Gasteiger partial charge in [-0.15, -0.1) is 0 Å². The van der Waals surface area contributed by atoms with Crippen LogP contribution in [0.3, 0.4) is 0 Å². The molecule has 0 bridgehead atoms. The summed E-state index contributed by atoms with van der Waals surface area (Å²) in [5.74, 6) is -0.402. The largest absolute Gasteiger partial charge is 0.296 e. The van der Waals surface area contributed by atoms with Crippen molar-refractivity contribution in [3.63, 3.8) is 0 Å². The molecular weight excluding hydrogens is 154 g/mol. The van der Waals surface area contributed by atoms with Crippen LogP contribution < -0.4 is 5.32 Å². The van der Waals surface area contributed by atoms with Crippen LogP contribution in [0.25, 0.3) is 0 Å². The molecular formula is C9H17NO2. The molecule has 1 unspecified atom stereocenters. The number of nitrogens with one attached hydrogen (secondary N) is 1. The van der Waals surface area contributed by atoms with E-state index in [0.717, 1.165) is 19.3 Å². The van der Waals surface area contributed by atoms with Gasteiger partial charge in [-0.3, -0.25) is 14.9 Å². The third-order valence-electron chi connectivity index (χ3n) is 1.80. The van der Waals surface area contributed by atoms with Crippen LogP contribution in [-0.4, -0.2) is 11.8 Å². The van der Waals surface area contributed by atoms with Crippen molar-refractivity contribution >= 4 is 11.8 Å². The summed E-state index contributed by atoms with van der Waals surface area (Å²) in [4.78, 5) is 21.8. The zero-order valence-corrected chi connectivity index (χ0v) is 8.02. The predicted molar refractivity (Wildman–Crippen MR) is 47.5 cm³/mol. The van der Waals surface area contributed by atoms with Crippen LogP contribution in [0.2, 0.25) is 0 Å². The lowest BCUT2D eigenvalue weighted by Crippen LogP contribution is -2.33. The molecule has 0 saturated heterocycles. The Morgan fingerprint density at radius 3 is 2.25 bits per heavy atom. The number of carbonyl (C=O) groups is 2.